The van der Waals surface area contributed by atoms with Gasteiger partial charge in [0, 0.05) is 18.8 Å². The van der Waals surface area contributed by atoms with Crippen LogP contribution < -0.4 is 21.3 Å². The highest BCUT2D eigenvalue weighted by molar-refractivity contribution is 7.98. The molecule has 4 N–H and O–H groups in total. The van der Waals surface area contributed by atoms with Gasteiger partial charge in [-0.25, -0.2) is 4.79 Å². The molecule has 0 spiro atoms. The summed E-state index contributed by atoms with van der Waals surface area (Å²) in [6.45, 7) is 13.2. The highest BCUT2D eigenvalue weighted by Crippen LogP contribution is 2.33. The van der Waals surface area contributed by atoms with Crippen molar-refractivity contribution in [2.24, 2.45) is 5.41 Å². The van der Waals surface area contributed by atoms with Gasteiger partial charge in [-0.05, 0) is 49.7 Å². The Labute approximate surface area is 270 Å². The first-order valence-corrected chi connectivity index (χ1v) is 16.9. The van der Waals surface area contributed by atoms with E-state index in [9.17, 15) is 24.0 Å². The maximum Gasteiger partial charge on any atom is 0.315 e. The summed E-state index contributed by atoms with van der Waals surface area (Å²) in [5, 5.41) is 11.3. The van der Waals surface area contributed by atoms with Crippen LogP contribution in [0.1, 0.15) is 77.9 Å². The molecule has 45 heavy (non-hydrogen) atoms. The van der Waals surface area contributed by atoms with Gasteiger partial charge in [0.1, 0.15) is 23.9 Å². The van der Waals surface area contributed by atoms with Crippen molar-refractivity contribution in [1.82, 2.24) is 26.2 Å². The Balaban J connectivity index is 1.69. The minimum atomic E-state index is -1.11. The van der Waals surface area contributed by atoms with Gasteiger partial charge in [0.05, 0.1) is 17.6 Å². The van der Waals surface area contributed by atoms with Crippen LogP contribution in [-0.2, 0) is 24.9 Å². The number of furan rings is 1. The fraction of sp³-hybridized carbons (Fsp3) is 0.606. The molecule has 1 aliphatic carbocycles. The number of thioether (sulfide) groups is 1. The summed E-state index contributed by atoms with van der Waals surface area (Å²) in [5.74, 6) is -0.211. The first-order valence-electron chi connectivity index (χ1n) is 15.7. The Morgan fingerprint density at radius 2 is 1.82 bits per heavy atom. The largest absolute Gasteiger partial charge is 0.468 e. The van der Waals surface area contributed by atoms with E-state index in [1.54, 1.807) is 18.0 Å². The zero-order valence-electron chi connectivity index (χ0n) is 26.8. The van der Waals surface area contributed by atoms with Crippen LogP contribution in [0.3, 0.4) is 0 Å². The number of Topliss-reactive ketones (excluding diaryl/α,β-unsaturated/α-hetero) is 1. The Hall–Kier alpha value is -3.54. The van der Waals surface area contributed by atoms with Crippen molar-refractivity contribution in [2.45, 2.75) is 102 Å². The fourth-order valence-electron chi connectivity index (χ4n) is 5.88. The topological polar surface area (TPSA) is 150 Å². The van der Waals surface area contributed by atoms with E-state index in [1.165, 1.54) is 17.1 Å². The van der Waals surface area contributed by atoms with E-state index in [0.29, 0.717) is 25.1 Å². The van der Waals surface area contributed by atoms with Crippen molar-refractivity contribution in [3.63, 3.8) is 0 Å². The molecular formula is C33H49N5O6S. The Bertz CT molecular complexity index is 1200. The van der Waals surface area contributed by atoms with Crippen molar-refractivity contribution >= 4 is 41.3 Å². The molecule has 1 unspecified atom stereocenters. The number of nitrogens with zero attached hydrogens (tertiary/aromatic N) is 1. The van der Waals surface area contributed by atoms with Crippen molar-refractivity contribution in [3.8, 4) is 0 Å². The van der Waals surface area contributed by atoms with Gasteiger partial charge in [-0.15, -0.1) is 13.2 Å². The van der Waals surface area contributed by atoms with Gasteiger partial charge in [-0.2, -0.15) is 11.8 Å². The van der Waals surface area contributed by atoms with E-state index in [1.807, 2.05) is 32.9 Å². The van der Waals surface area contributed by atoms with Crippen LogP contribution in [0.25, 0.3) is 0 Å². The number of hydrogen-bond acceptors (Lipinski definition) is 7. The summed E-state index contributed by atoms with van der Waals surface area (Å²) in [6, 6.07) is 0.524. The average Bonchev–Trinajstić information content (AvgIpc) is 3.70. The maximum absolute atomic E-state index is 14.0. The quantitative estimate of drug-likeness (QED) is 0.168. The molecule has 1 aliphatic heterocycles. The lowest BCUT2D eigenvalue weighted by Crippen LogP contribution is -2.62. The molecule has 2 fully saturated rings. The molecule has 2 heterocycles. The van der Waals surface area contributed by atoms with Crippen LogP contribution in [-0.4, -0.2) is 76.9 Å². The molecule has 0 bridgehead atoms. The molecule has 3 atom stereocenters. The average molecular weight is 644 g/mol. The van der Waals surface area contributed by atoms with Crippen molar-refractivity contribution < 1.29 is 28.4 Å². The number of rotatable bonds is 15. The Kier molecular flexibility index (Phi) is 13.3. The van der Waals surface area contributed by atoms with Crippen LogP contribution in [0, 0.1) is 5.41 Å². The Morgan fingerprint density at radius 1 is 1.09 bits per heavy atom. The van der Waals surface area contributed by atoms with Gasteiger partial charge in [0.2, 0.25) is 17.6 Å². The standard InChI is InChI=1S/C33H49N5O6S/c1-6-13-24(26(39)29(41)34-18-7-2)35-28(40)25-15-11-19-38(25)30(42)27(32(3,4)5)36-31(43)37-33(16-9-8-10-17-33)22-45-21-23-14-12-20-44-23/h6-7,12,14,20,24-25,27H,1-2,8-11,13,15-19,21-22H2,3-5H3,(H,34,41)(H,35,40)(H2,36,37,43)/t24?,25-,27+/m0/s1. The number of hydrogen-bond donors (Lipinski definition) is 4. The third kappa shape index (κ3) is 10.2. The number of ketones is 1. The molecule has 2 aliphatic rings. The van der Waals surface area contributed by atoms with Gasteiger partial charge in [-0.1, -0.05) is 52.2 Å². The van der Waals surface area contributed by atoms with Gasteiger partial charge < -0.3 is 30.6 Å². The van der Waals surface area contributed by atoms with Gasteiger partial charge in [0.25, 0.3) is 5.91 Å². The molecule has 1 aromatic heterocycles. The minimum Gasteiger partial charge on any atom is -0.468 e. The summed E-state index contributed by atoms with van der Waals surface area (Å²) in [6.07, 6.45) is 10.4. The van der Waals surface area contributed by atoms with Gasteiger partial charge in [-0.3, -0.25) is 19.2 Å². The van der Waals surface area contributed by atoms with Crippen LogP contribution in [0.15, 0.2) is 48.1 Å². The number of carbonyl (C=O) groups excluding carboxylic acids is 5. The van der Waals surface area contributed by atoms with E-state index >= 15 is 0 Å². The third-order valence-corrected chi connectivity index (χ3v) is 9.53. The molecule has 1 aromatic rings. The second-order valence-corrected chi connectivity index (χ2v) is 13.9. The summed E-state index contributed by atoms with van der Waals surface area (Å²) in [5.41, 5.74) is -1.05. The molecule has 248 valence electrons. The fourth-order valence-corrected chi connectivity index (χ4v) is 7.10. The van der Waals surface area contributed by atoms with E-state index < -0.39 is 52.7 Å². The summed E-state index contributed by atoms with van der Waals surface area (Å²) in [4.78, 5) is 67.5. The maximum atomic E-state index is 14.0. The second-order valence-electron chi connectivity index (χ2n) is 12.9. The molecule has 12 heteroatoms. The van der Waals surface area contributed by atoms with E-state index in [2.05, 4.69) is 34.4 Å². The molecule has 5 amide bonds. The molecule has 0 aromatic carbocycles. The lowest BCUT2D eigenvalue weighted by molar-refractivity contribution is -0.143. The SMILES string of the molecule is C=CCNC(=O)C(=O)C(CC=C)NC(=O)[C@@H]1CCCN1C(=O)[C@@H](NC(=O)NC1(CSCc2ccco2)CCCCC1)C(C)(C)C. The van der Waals surface area contributed by atoms with Crippen molar-refractivity contribution in [1.29, 1.82) is 0 Å². The number of nitrogens with one attached hydrogen (secondary N) is 4. The first-order chi connectivity index (χ1) is 21.4. The number of urea groups is 1. The summed E-state index contributed by atoms with van der Waals surface area (Å²) >= 11 is 1.71. The van der Waals surface area contributed by atoms with Crippen molar-refractivity contribution in [3.05, 3.63) is 49.5 Å². The van der Waals surface area contributed by atoms with Gasteiger partial charge in [0.15, 0.2) is 0 Å². The Morgan fingerprint density at radius 3 is 2.44 bits per heavy atom. The van der Waals surface area contributed by atoms with E-state index in [4.69, 9.17) is 4.42 Å². The predicted octanol–water partition coefficient (Wildman–Crippen LogP) is 3.85. The second kappa shape index (κ2) is 16.7. The zero-order valence-corrected chi connectivity index (χ0v) is 27.6. The lowest BCUT2D eigenvalue weighted by atomic mass is 9.83. The molecule has 3 rings (SSSR count). The van der Waals surface area contributed by atoms with E-state index in [-0.39, 0.29) is 18.9 Å². The first kappa shape index (κ1) is 35.9. The molecule has 1 saturated heterocycles. The molecule has 11 nitrogen and oxygen atoms in total. The monoisotopic (exact) mass is 643 g/mol. The van der Waals surface area contributed by atoms with Crippen LogP contribution in [0.5, 0.6) is 0 Å². The highest BCUT2D eigenvalue weighted by Gasteiger charge is 2.43. The number of likely N-dealkylation sites (tertiary alicyclic amines) is 1. The number of amides is 5. The summed E-state index contributed by atoms with van der Waals surface area (Å²) < 4.78 is 5.46. The van der Waals surface area contributed by atoms with E-state index in [0.717, 1.165) is 43.6 Å². The smallest absolute Gasteiger partial charge is 0.315 e. The minimum absolute atomic E-state index is 0.0562. The normalized spacial score (nSPS) is 19.1. The third-order valence-electron chi connectivity index (χ3n) is 8.29. The highest BCUT2D eigenvalue weighted by atomic mass is 32.2. The molecule has 1 saturated carbocycles. The van der Waals surface area contributed by atoms with Crippen molar-refractivity contribution in [2.75, 3.05) is 18.8 Å². The number of carbonyl (C=O) groups is 5. The molecular weight excluding hydrogens is 594 g/mol. The zero-order chi connectivity index (χ0) is 33.0. The summed E-state index contributed by atoms with van der Waals surface area (Å²) in [7, 11) is 0. The van der Waals surface area contributed by atoms with Crippen LogP contribution >= 0.6 is 11.8 Å². The van der Waals surface area contributed by atoms with Crippen LogP contribution in [0.4, 0.5) is 4.79 Å². The molecule has 0 radical (unpaired) electrons. The lowest BCUT2D eigenvalue weighted by Gasteiger charge is -2.40. The predicted molar refractivity (Wildman–Crippen MR) is 175 cm³/mol. The van der Waals surface area contributed by atoms with Crippen LogP contribution in [0.2, 0.25) is 0 Å². The van der Waals surface area contributed by atoms with Gasteiger partial charge >= 0.3 is 6.03 Å².